The van der Waals surface area contributed by atoms with Crippen LogP contribution >= 0.6 is 0 Å². The van der Waals surface area contributed by atoms with Crippen molar-refractivity contribution in [2.24, 2.45) is 0 Å². The van der Waals surface area contributed by atoms with Crippen LogP contribution < -0.4 is 35.7 Å². The van der Waals surface area contributed by atoms with Crippen molar-refractivity contribution in [2.75, 3.05) is 9.80 Å². The Hall–Kier alpha value is -9.00. The van der Waals surface area contributed by atoms with Crippen molar-refractivity contribution in [1.82, 2.24) is 4.57 Å². The van der Waals surface area contributed by atoms with E-state index in [1.807, 2.05) is 0 Å². The number of anilines is 6. The molecule has 0 amide bonds. The zero-order valence-electron chi connectivity index (χ0n) is 36.8. The van der Waals surface area contributed by atoms with E-state index in [2.05, 4.69) is 257 Å². The van der Waals surface area contributed by atoms with Gasteiger partial charge in [0, 0.05) is 68.9 Å². The lowest BCUT2D eigenvalue weighted by Gasteiger charge is -2.35. The van der Waals surface area contributed by atoms with E-state index in [0.29, 0.717) is 0 Å². The van der Waals surface area contributed by atoms with Crippen LogP contribution in [0.5, 0.6) is 23.0 Å². The van der Waals surface area contributed by atoms with Gasteiger partial charge in [-0.2, -0.15) is 0 Å². The molecule has 0 fully saturated rings. The number of benzene rings is 11. The van der Waals surface area contributed by atoms with Gasteiger partial charge in [0.15, 0.2) is 0 Å². The minimum Gasteiger partial charge on any atom is -0.458 e. The standard InChI is InChI=1S/C62H40BN3O2/c1-4-20-45(21-5-1)64(48-30-28-41-16-10-12-18-43(41)36-48)50-32-34-53-57(38-50)67-59-40-56-60(52-26-14-15-27-55(52)66(56)47-24-8-3-9-25-47)62-61(59)63(53)54-35-33-51(39-58(54)68-62)65(46-22-6-2-7-23-46)49-31-29-42-17-11-13-19-44(42)37-49/h1-40H. The lowest BCUT2D eigenvalue weighted by molar-refractivity contribution is 0.468. The monoisotopic (exact) mass is 869 g/mol. The van der Waals surface area contributed by atoms with Gasteiger partial charge in [-0.25, -0.2) is 0 Å². The van der Waals surface area contributed by atoms with Crippen molar-refractivity contribution in [1.29, 1.82) is 0 Å². The minimum atomic E-state index is -0.171. The normalized spacial score (nSPS) is 12.3. The van der Waals surface area contributed by atoms with Gasteiger partial charge in [0.1, 0.15) is 23.0 Å². The SMILES string of the molecule is c1ccc(N(c2ccc3c(c2)Oc2cc4c(c5c2B3c2ccc(N(c3ccccc3)c3ccc6ccccc6c3)cc2O5)c2ccccc2n4-c2ccccc2)c2ccc3ccccc3c2)cc1. The molecule has 3 heterocycles. The summed E-state index contributed by atoms with van der Waals surface area (Å²) in [5.41, 5.74) is 12.7. The average Bonchev–Trinajstić information content (AvgIpc) is 3.73. The topological polar surface area (TPSA) is 29.9 Å². The van der Waals surface area contributed by atoms with Crippen LogP contribution in [0.1, 0.15) is 0 Å². The van der Waals surface area contributed by atoms with Gasteiger partial charge in [0.05, 0.1) is 16.4 Å². The molecule has 0 aliphatic carbocycles. The van der Waals surface area contributed by atoms with Crippen LogP contribution in [0.15, 0.2) is 243 Å². The molecule has 0 N–H and O–H groups in total. The van der Waals surface area contributed by atoms with Crippen molar-refractivity contribution < 1.29 is 9.47 Å². The first-order valence-electron chi connectivity index (χ1n) is 23.2. The maximum absolute atomic E-state index is 7.43. The second-order valence-electron chi connectivity index (χ2n) is 17.7. The third-order valence-electron chi connectivity index (χ3n) is 13.8. The summed E-state index contributed by atoms with van der Waals surface area (Å²) < 4.78 is 17.0. The number of para-hydroxylation sites is 4. The summed E-state index contributed by atoms with van der Waals surface area (Å²) in [5.74, 6) is 3.24. The Morgan fingerprint density at radius 2 is 0.809 bits per heavy atom. The van der Waals surface area contributed by atoms with Crippen molar-refractivity contribution in [3.8, 4) is 28.7 Å². The summed E-state index contributed by atoms with van der Waals surface area (Å²) in [7, 11) is 0. The highest BCUT2D eigenvalue weighted by Crippen LogP contribution is 2.47. The summed E-state index contributed by atoms with van der Waals surface area (Å²) in [4.78, 5) is 4.65. The Balaban J connectivity index is 0.998. The van der Waals surface area contributed by atoms with E-state index in [0.717, 1.165) is 101 Å². The largest absolute Gasteiger partial charge is 0.458 e. The smallest absolute Gasteiger partial charge is 0.260 e. The first-order valence-corrected chi connectivity index (χ1v) is 23.2. The molecule has 1 aromatic heterocycles. The van der Waals surface area contributed by atoms with E-state index in [1.165, 1.54) is 21.5 Å². The van der Waals surface area contributed by atoms with Crippen LogP contribution in [0.3, 0.4) is 0 Å². The number of fused-ring (bicyclic) bond motifs is 10. The predicted molar refractivity (Wildman–Crippen MR) is 283 cm³/mol. The first-order chi connectivity index (χ1) is 33.7. The first kappa shape index (κ1) is 38.3. The molecule has 0 unspecified atom stereocenters. The van der Waals surface area contributed by atoms with Gasteiger partial charge < -0.3 is 23.8 Å². The van der Waals surface area contributed by atoms with Gasteiger partial charge in [-0.3, -0.25) is 0 Å². The fourth-order valence-electron chi connectivity index (χ4n) is 10.8. The molecule has 14 rings (SSSR count). The van der Waals surface area contributed by atoms with Crippen LogP contribution in [0.2, 0.25) is 0 Å². The van der Waals surface area contributed by atoms with Gasteiger partial charge in [-0.15, -0.1) is 0 Å². The lowest BCUT2D eigenvalue weighted by atomic mass is 9.34. The zero-order valence-corrected chi connectivity index (χ0v) is 36.8. The molecule has 6 heteroatoms. The molecule has 11 aromatic carbocycles. The van der Waals surface area contributed by atoms with E-state index in [4.69, 9.17) is 9.47 Å². The fourth-order valence-corrected chi connectivity index (χ4v) is 10.8. The van der Waals surface area contributed by atoms with E-state index >= 15 is 0 Å². The predicted octanol–water partition coefficient (Wildman–Crippen LogP) is 14.8. The highest BCUT2D eigenvalue weighted by Gasteiger charge is 2.42. The highest BCUT2D eigenvalue weighted by atomic mass is 16.5. The average molecular weight is 870 g/mol. The Kier molecular flexibility index (Phi) is 8.61. The maximum Gasteiger partial charge on any atom is 0.260 e. The highest BCUT2D eigenvalue weighted by molar-refractivity contribution is 6.98. The Morgan fingerprint density at radius 1 is 0.338 bits per heavy atom. The van der Waals surface area contributed by atoms with Crippen molar-refractivity contribution in [3.05, 3.63) is 243 Å². The summed E-state index contributed by atoms with van der Waals surface area (Å²) in [5, 5.41) is 6.96. The molecule has 318 valence electrons. The molecule has 0 radical (unpaired) electrons. The molecule has 0 saturated carbocycles. The van der Waals surface area contributed by atoms with Crippen molar-refractivity contribution in [2.45, 2.75) is 0 Å². The van der Waals surface area contributed by atoms with Gasteiger partial charge in [-0.05, 0) is 111 Å². The molecule has 12 aromatic rings. The van der Waals surface area contributed by atoms with Gasteiger partial charge in [0.25, 0.3) is 6.71 Å². The Morgan fingerprint density at radius 3 is 1.40 bits per heavy atom. The van der Waals surface area contributed by atoms with Gasteiger partial charge >= 0.3 is 0 Å². The van der Waals surface area contributed by atoms with E-state index in [9.17, 15) is 0 Å². The molecule has 2 aliphatic heterocycles. The zero-order chi connectivity index (χ0) is 44.7. The summed E-state index contributed by atoms with van der Waals surface area (Å²) in [6, 6.07) is 86.6. The lowest BCUT2D eigenvalue weighted by Crippen LogP contribution is -2.57. The summed E-state index contributed by atoms with van der Waals surface area (Å²) >= 11 is 0. The van der Waals surface area contributed by atoms with E-state index in [-0.39, 0.29) is 6.71 Å². The molecule has 0 spiro atoms. The number of hydrogen-bond donors (Lipinski definition) is 0. The number of aromatic nitrogens is 1. The van der Waals surface area contributed by atoms with Crippen molar-refractivity contribution in [3.63, 3.8) is 0 Å². The van der Waals surface area contributed by atoms with Crippen LogP contribution in [0.25, 0.3) is 49.0 Å². The van der Waals surface area contributed by atoms with Crippen LogP contribution in [-0.2, 0) is 0 Å². The quantitative estimate of drug-likeness (QED) is 0.149. The maximum atomic E-state index is 7.43. The second-order valence-corrected chi connectivity index (χ2v) is 17.7. The number of nitrogens with zero attached hydrogens (tertiary/aromatic N) is 3. The summed E-state index contributed by atoms with van der Waals surface area (Å²) in [6.45, 7) is -0.171. The number of rotatable bonds is 7. The second kappa shape index (κ2) is 15.3. The summed E-state index contributed by atoms with van der Waals surface area (Å²) in [6.07, 6.45) is 0. The Labute approximate surface area is 394 Å². The van der Waals surface area contributed by atoms with Crippen LogP contribution in [0, 0.1) is 0 Å². The third kappa shape index (κ3) is 6.04. The molecule has 2 aliphatic rings. The third-order valence-corrected chi connectivity index (χ3v) is 13.8. The molecule has 68 heavy (non-hydrogen) atoms. The minimum absolute atomic E-state index is 0.171. The molecule has 0 saturated heterocycles. The van der Waals surface area contributed by atoms with Crippen LogP contribution in [0.4, 0.5) is 34.1 Å². The number of ether oxygens (including phenoxy) is 2. The molecule has 0 bridgehead atoms. The Bertz CT molecular complexity index is 3940. The molecule has 0 atom stereocenters. The van der Waals surface area contributed by atoms with E-state index in [1.54, 1.807) is 0 Å². The molecule has 5 nitrogen and oxygen atoms in total. The number of hydrogen-bond acceptors (Lipinski definition) is 4. The van der Waals surface area contributed by atoms with Crippen LogP contribution in [-0.4, -0.2) is 11.3 Å². The van der Waals surface area contributed by atoms with Gasteiger partial charge in [0.2, 0.25) is 0 Å². The molecular weight excluding hydrogens is 830 g/mol. The van der Waals surface area contributed by atoms with E-state index < -0.39 is 0 Å². The molecular formula is C62H40BN3O2. The van der Waals surface area contributed by atoms with Gasteiger partial charge in [-0.1, -0.05) is 146 Å². The fraction of sp³-hybridized carbons (Fsp3) is 0. The van der Waals surface area contributed by atoms with Crippen molar-refractivity contribution >= 4 is 101 Å².